The average molecular weight is 159 g/mol. The number of carbonyl (C=O) groups is 1. The molecule has 1 aliphatic rings. The van der Waals surface area contributed by atoms with E-state index in [0.29, 0.717) is 4.76 Å². The molecule has 1 rings (SSSR count). The maximum Gasteiger partial charge on any atom is 0.290 e. The zero-order chi connectivity index (χ0) is 8.43. The molecular weight excluding hydrogens is 148 g/mol. The zero-order valence-electron chi connectivity index (χ0n) is 6.28. The highest BCUT2D eigenvalue weighted by Gasteiger charge is 2.36. The predicted molar refractivity (Wildman–Crippen MR) is 37.0 cm³/mol. The summed E-state index contributed by atoms with van der Waals surface area (Å²) in [5.41, 5.74) is 0. The Morgan fingerprint density at radius 2 is 2.45 bits per heavy atom. The van der Waals surface area contributed by atoms with Crippen molar-refractivity contribution in [2.75, 3.05) is 13.1 Å². The van der Waals surface area contributed by atoms with Gasteiger partial charge in [0.2, 0.25) is 6.04 Å². The molecule has 2 N–H and O–H groups in total. The Hall–Kier alpha value is -0.970. The van der Waals surface area contributed by atoms with Gasteiger partial charge in [0.25, 0.3) is 12.5 Å². The van der Waals surface area contributed by atoms with Gasteiger partial charge in [-0.1, -0.05) is 0 Å². The fourth-order valence-corrected chi connectivity index (χ4v) is 1.05. The molecule has 0 radical (unpaired) electrons. The number of nitroso groups, excluding NO2 is 1. The van der Waals surface area contributed by atoms with E-state index in [1.165, 1.54) is 6.92 Å². The van der Waals surface area contributed by atoms with Crippen molar-refractivity contribution in [3.63, 3.8) is 0 Å². The standard InChI is InChI=1S/C6H10N2O3/c1-4(9)5-2-7-6(10)3-8(5)11/h4-5,9H,2-3H2,1H3/p+1. The molecule has 0 aromatic heterocycles. The molecule has 0 aromatic rings. The SMILES string of the molecule is CC(O)C1CNC(=O)C[N+]1=O. The molecule has 5 heteroatoms. The molecule has 1 amide bonds. The molecule has 0 saturated carbocycles. The Morgan fingerprint density at radius 1 is 1.82 bits per heavy atom. The van der Waals surface area contributed by atoms with Crippen LogP contribution in [-0.2, 0) is 4.79 Å². The van der Waals surface area contributed by atoms with Crippen LogP contribution in [0.2, 0.25) is 0 Å². The van der Waals surface area contributed by atoms with Gasteiger partial charge >= 0.3 is 0 Å². The lowest BCUT2D eigenvalue weighted by Gasteiger charge is -2.16. The van der Waals surface area contributed by atoms with Crippen LogP contribution in [0.4, 0.5) is 0 Å². The number of hydrogen-bond donors (Lipinski definition) is 2. The lowest BCUT2D eigenvalue weighted by Crippen LogP contribution is -2.52. The first-order valence-electron chi connectivity index (χ1n) is 3.50. The molecule has 62 valence electrons. The molecule has 0 aromatic carbocycles. The van der Waals surface area contributed by atoms with E-state index in [-0.39, 0.29) is 19.0 Å². The molecule has 2 unspecified atom stereocenters. The molecule has 0 spiro atoms. The van der Waals surface area contributed by atoms with Gasteiger partial charge in [0.1, 0.15) is 6.10 Å². The minimum atomic E-state index is -0.701. The number of piperazine rings is 1. The summed E-state index contributed by atoms with van der Waals surface area (Å²) >= 11 is 0. The third-order valence-corrected chi connectivity index (χ3v) is 1.73. The third-order valence-electron chi connectivity index (χ3n) is 1.73. The Bertz CT molecular complexity index is 190. The molecule has 2 atom stereocenters. The third kappa shape index (κ3) is 1.74. The van der Waals surface area contributed by atoms with Gasteiger partial charge in [0.15, 0.2) is 0 Å². The number of nitrogens with zero attached hydrogens (tertiary/aromatic N) is 1. The second-order valence-electron chi connectivity index (χ2n) is 2.69. The van der Waals surface area contributed by atoms with Crippen molar-refractivity contribution in [1.29, 1.82) is 0 Å². The van der Waals surface area contributed by atoms with Gasteiger partial charge in [-0.05, 0) is 6.92 Å². The quantitative estimate of drug-likeness (QED) is 0.464. The lowest BCUT2D eigenvalue weighted by molar-refractivity contribution is -0.587. The first kappa shape index (κ1) is 8.13. The van der Waals surface area contributed by atoms with Crippen molar-refractivity contribution in [1.82, 2.24) is 5.32 Å². The summed E-state index contributed by atoms with van der Waals surface area (Å²) in [6.07, 6.45) is -0.701. The maximum atomic E-state index is 10.9. The van der Waals surface area contributed by atoms with E-state index in [4.69, 9.17) is 5.11 Å². The van der Waals surface area contributed by atoms with Crippen LogP contribution in [0.25, 0.3) is 0 Å². The highest BCUT2D eigenvalue weighted by atomic mass is 16.3. The van der Waals surface area contributed by atoms with E-state index >= 15 is 0 Å². The van der Waals surface area contributed by atoms with E-state index in [2.05, 4.69) is 5.32 Å². The van der Waals surface area contributed by atoms with E-state index in [1.807, 2.05) is 0 Å². The number of amides is 1. The highest BCUT2D eigenvalue weighted by molar-refractivity contribution is 5.77. The summed E-state index contributed by atoms with van der Waals surface area (Å²) in [7, 11) is 0. The van der Waals surface area contributed by atoms with E-state index in [0.717, 1.165) is 0 Å². The van der Waals surface area contributed by atoms with Crippen LogP contribution < -0.4 is 5.32 Å². The molecule has 0 bridgehead atoms. The van der Waals surface area contributed by atoms with Gasteiger partial charge in [-0.25, -0.2) is 0 Å². The molecule has 11 heavy (non-hydrogen) atoms. The van der Waals surface area contributed by atoms with Crippen LogP contribution in [0.3, 0.4) is 0 Å². The summed E-state index contributed by atoms with van der Waals surface area (Å²) in [6, 6.07) is -0.493. The Balaban J connectivity index is 2.57. The van der Waals surface area contributed by atoms with Crippen LogP contribution in [0.1, 0.15) is 6.92 Å². The van der Waals surface area contributed by atoms with Crippen molar-refractivity contribution in [2.45, 2.75) is 19.1 Å². The molecule has 5 nitrogen and oxygen atoms in total. The minimum absolute atomic E-state index is 0.171. The molecule has 1 saturated heterocycles. The van der Waals surface area contributed by atoms with Gasteiger partial charge in [0, 0.05) is 9.67 Å². The van der Waals surface area contributed by atoms with Gasteiger partial charge in [0.05, 0.1) is 6.54 Å². The Morgan fingerprint density at radius 3 is 2.91 bits per heavy atom. The first-order chi connectivity index (χ1) is 5.11. The number of aliphatic hydroxyl groups excluding tert-OH is 1. The maximum absolute atomic E-state index is 10.9. The molecule has 1 fully saturated rings. The number of rotatable bonds is 1. The number of hydrogen-bond acceptors (Lipinski definition) is 3. The van der Waals surface area contributed by atoms with Crippen molar-refractivity contribution in [2.24, 2.45) is 0 Å². The monoisotopic (exact) mass is 159 g/mol. The summed E-state index contributed by atoms with van der Waals surface area (Å²) in [5.74, 6) is -0.281. The van der Waals surface area contributed by atoms with Crippen molar-refractivity contribution < 1.29 is 14.7 Å². The average Bonchev–Trinajstić information content (AvgIpc) is 1.85. The predicted octanol–water partition coefficient (Wildman–Crippen LogP) is -1.36. The Kier molecular flexibility index (Phi) is 2.19. The van der Waals surface area contributed by atoms with E-state index in [1.54, 1.807) is 0 Å². The topological polar surface area (TPSA) is 69.4 Å². The smallest absolute Gasteiger partial charge is 0.290 e. The number of nitrogens with one attached hydrogen (secondary N) is 1. The fourth-order valence-electron chi connectivity index (χ4n) is 1.05. The largest absolute Gasteiger partial charge is 0.386 e. The lowest BCUT2D eigenvalue weighted by atomic mass is 10.1. The van der Waals surface area contributed by atoms with Gasteiger partial charge < -0.3 is 10.4 Å². The van der Waals surface area contributed by atoms with Crippen LogP contribution in [0.5, 0.6) is 0 Å². The molecule has 1 heterocycles. The van der Waals surface area contributed by atoms with Crippen molar-refractivity contribution in [3.8, 4) is 0 Å². The normalized spacial score (nSPS) is 28.0. The van der Waals surface area contributed by atoms with Crippen LogP contribution in [-0.4, -0.2) is 41.0 Å². The number of carbonyl (C=O) groups excluding carboxylic acids is 1. The summed E-state index contributed by atoms with van der Waals surface area (Å²) in [4.78, 5) is 21.5. The van der Waals surface area contributed by atoms with Crippen LogP contribution in [0.15, 0.2) is 0 Å². The van der Waals surface area contributed by atoms with Crippen molar-refractivity contribution in [3.05, 3.63) is 4.91 Å². The summed E-state index contributed by atoms with van der Waals surface area (Å²) < 4.78 is 0.615. The molecule has 1 aliphatic heterocycles. The second-order valence-corrected chi connectivity index (χ2v) is 2.69. The number of aliphatic hydroxyl groups is 1. The van der Waals surface area contributed by atoms with E-state index < -0.39 is 12.1 Å². The fraction of sp³-hybridized carbons (Fsp3) is 0.833. The zero-order valence-corrected chi connectivity index (χ0v) is 6.28. The molecular formula is C6H11N2O3+. The van der Waals surface area contributed by atoms with Crippen LogP contribution in [0, 0.1) is 4.91 Å². The molecule has 0 aliphatic carbocycles. The van der Waals surface area contributed by atoms with Gasteiger partial charge in [-0.15, -0.1) is 0 Å². The minimum Gasteiger partial charge on any atom is -0.386 e. The van der Waals surface area contributed by atoms with Gasteiger partial charge in [-0.2, -0.15) is 0 Å². The summed E-state index contributed by atoms with van der Waals surface area (Å²) in [5, 5.41) is 11.5. The second kappa shape index (κ2) is 2.96. The highest BCUT2D eigenvalue weighted by Crippen LogP contribution is 2.00. The van der Waals surface area contributed by atoms with Crippen molar-refractivity contribution >= 4 is 5.91 Å². The Labute approximate surface area is 64.0 Å². The van der Waals surface area contributed by atoms with Crippen LogP contribution >= 0.6 is 0 Å². The summed E-state index contributed by atoms with van der Waals surface area (Å²) in [6.45, 7) is 1.60. The first-order valence-corrected chi connectivity index (χ1v) is 3.50. The van der Waals surface area contributed by atoms with E-state index in [9.17, 15) is 9.70 Å². The van der Waals surface area contributed by atoms with Gasteiger partial charge in [-0.3, -0.25) is 4.79 Å².